The van der Waals surface area contributed by atoms with Gasteiger partial charge in [0.2, 0.25) is 0 Å². The van der Waals surface area contributed by atoms with Gasteiger partial charge in [-0.2, -0.15) is 13.2 Å². The van der Waals surface area contributed by atoms with E-state index in [-0.39, 0.29) is 10.6 Å². The van der Waals surface area contributed by atoms with Gasteiger partial charge in [0.15, 0.2) is 0 Å². The van der Waals surface area contributed by atoms with E-state index in [2.05, 4.69) is 20.0 Å². The number of para-hydroxylation sites is 1. The fraction of sp³-hybridized carbons (Fsp3) is 0.167. The number of benzene rings is 2. The fourth-order valence-electron chi connectivity index (χ4n) is 3.37. The van der Waals surface area contributed by atoms with E-state index in [1.54, 1.807) is 24.4 Å². The zero-order valence-corrected chi connectivity index (χ0v) is 18.7. The van der Waals surface area contributed by atoms with E-state index < -0.39 is 21.8 Å². The molecule has 2 N–H and O–H groups in total. The van der Waals surface area contributed by atoms with Gasteiger partial charge in [-0.15, -0.1) is 0 Å². The van der Waals surface area contributed by atoms with Crippen LogP contribution in [0.2, 0.25) is 0 Å². The second-order valence-electron chi connectivity index (χ2n) is 7.56. The van der Waals surface area contributed by atoms with Crippen molar-refractivity contribution in [2.24, 2.45) is 0 Å². The SMILES string of the molecule is O=S(=O)(Nc1cccc2ccc(CNCCc3ccccn3)nc12)c1ccc(C(F)(F)F)cc1. The van der Waals surface area contributed by atoms with Gasteiger partial charge >= 0.3 is 6.18 Å². The molecule has 6 nitrogen and oxygen atoms in total. The van der Waals surface area contributed by atoms with Crippen molar-refractivity contribution in [2.75, 3.05) is 11.3 Å². The van der Waals surface area contributed by atoms with Crippen molar-refractivity contribution < 1.29 is 21.6 Å². The van der Waals surface area contributed by atoms with Crippen LogP contribution in [0.5, 0.6) is 0 Å². The van der Waals surface area contributed by atoms with Crippen LogP contribution in [0.15, 0.2) is 83.9 Å². The van der Waals surface area contributed by atoms with Gasteiger partial charge in [-0.1, -0.05) is 24.3 Å². The molecule has 0 aliphatic heterocycles. The van der Waals surface area contributed by atoms with Gasteiger partial charge in [0.05, 0.1) is 27.4 Å². The minimum absolute atomic E-state index is 0.243. The Balaban J connectivity index is 1.49. The quantitative estimate of drug-likeness (QED) is 0.350. The van der Waals surface area contributed by atoms with Crippen LogP contribution in [0.25, 0.3) is 10.9 Å². The lowest BCUT2D eigenvalue weighted by Crippen LogP contribution is -2.18. The highest BCUT2D eigenvalue weighted by Gasteiger charge is 2.30. The molecule has 0 spiro atoms. The third-order valence-corrected chi connectivity index (χ3v) is 6.49. The van der Waals surface area contributed by atoms with Crippen molar-refractivity contribution in [1.29, 1.82) is 0 Å². The maximum atomic E-state index is 12.8. The third kappa shape index (κ3) is 5.70. The first-order chi connectivity index (χ1) is 16.2. The number of rotatable bonds is 8. The van der Waals surface area contributed by atoms with Crippen LogP contribution >= 0.6 is 0 Å². The van der Waals surface area contributed by atoms with Crippen LogP contribution in [-0.4, -0.2) is 24.9 Å². The van der Waals surface area contributed by atoms with Crippen LogP contribution in [0.4, 0.5) is 18.9 Å². The minimum atomic E-state index is -4.54. The summed E-state index contributed by atoms with van der Waals surface area (Å²) in [4.78, 5) is 8.59. The molecule has 0 aliphatic carbocycles. The molecule has 0 unspecified atom stereocenters. The maximum absolute atomic E-state index is 12.8. The van der Waals surface area contributed by atoms with Crippen molar-refractivity contribution in [1.82, 2.24) is 15.3 Å². The van der Waals surface area contributed by atoms with E-state index in [9.17, 15) is 21.6 Å². The Kier molecular flexibility index (Phi) is 6.80. The standard InChI is InChI=1S/C24H21F3N4O2S/c25-24(26,27)18-8-11-21(12-9-18)34(32,33)31-22-6-3-4-17-7-10-20(30-23(17)22)16-28-15-13-19-5-1-2-14-29-19/h1-12,14,28,31H,13,15-16H2. The number of hydrogen-bond donors (Lipinski definition) is 2. The molecule has 0 saturated heterocycles. The Labute approximate surface area is 194 Å². The van der Waals surface area contributed by atoms with Crippen molar-refractivity contribution in [3.05, 3.63) is 95.9 Å². The molecular weight excluding hydrogens is 465 g/mol. The second kappa shape index (κ2) is 9.78. The highest BCUT2D eigenvalue weighted by molar-refractivity contribution is 7.92. The monoisotopic (exact) mass is 486 g/mol. The fourth-order valence-corrected chi connectivity index (χ4v) is 4.44. The summed E-state index contributed by atoms with van der Waals surface area (Å²) in [6, 6.07) is 17.8. The molecule has 0 fully saturated rings. The lowest BCUT2D eigenvalue weighted by atomic mass is 10.2. The summed E-state index contributed by atoms with van der Waals surface area (Å²) in [5.74, 6) is 0. The first kappa shape index (κ1) is 23.7. The lowest BCUT2D eigenvalue weighted by Gasteiger charge is -2.12. The van der Waals surface area contributed by atoms with Gasteiger partial charge < -0.3 is 5.32 Å². The van der Waals surface area contributed by atoms with E-state index in [4.69, 9.17) is 0 Å². The number of halogens is 3. The van der Waals surface area contributed by atoms with Crippen molar-refractivity contribution >= 4 is 26.6 Å². The number of nitrogens with one attached hydrogen (secondary N) is 2. The van der Waals surface area contributed by atoms with E-state index in [1.165, 1.54) is 0 Å². The Morgan fingerprint density at radius 1 is 0.853 bits per heavy atom. The Morgan fingerprint density at radius 3 is 2.35 bits per heavy atom. The highest BCUT2D eigenvalue weighted by Crippen LogP contribution is 2.30. The molecule has 0 bridgehead atoms. The van der Waals surface area contributed by atoms with Crippen molar-refractivity contribution in [3.63, 3.8) is 0 Å². The smallest absolute Gasteiger partial charge is 0.311 e. The van der Waals surface area contributed by atoms with Crippen LogP contribution in [-0.2, 0) is 29.2 Å². The van der Waals surface area contributed by atoms with Gasteiger partial charge in [0, 0.05) is 36.8 Å². The first-order valence-electron chi connectivity index (χ1n) is 10.4. The van der Waals surface area contributed by atoms with E-state index >= 15 is 0 Å². The van der Waals surface area contributed by atoms with E-state index in [1.807, 2.05) is 30.3 Å². The summed E-state index contributed by atoms with van der Waals surface area (Å²) < 4.78 is 66.4. The molecule has 0 saturated carbocycles. The number of pyridine rings is 2. The van der Waals surface area contributed by atoms with Crippen LogP contribution in [0.1, 0.15) is 17.0 Å². The summed E-state index contributed by atoms with van der Waals surface area (Å²) in [5, 5.41) is 4.02. The zero-order valence-electron chi connectivity index (χ0n) is 17.9. The molecule has 34 heavy (non-hydrogen) atoms. The predicted molar refractivity (Wildman–Crippen MR) is 124 cm³/mol. The molecule has 2 aromatic heterocycles. The summed E-state index contributed by atoms with van der Waals surface area (Å²) in [7, 11) is -4.11. The average molecular weight is 487 g/mol. The molecule has 0 atom stereocenters. The average Bonchev–Trinajstić information content (AvgIpc) is 2.82. The summed E-state index contributed by atoms with van der Waals surface area (Å²) in [5.41, 5.74) is 1.46. The van der Waals surface area contributed by atoms with Gasteiger partial charge in [0.25, 0.3) is 10.0 Å². The third-order valence-electron chi connectivity index (χ3n) is 5.10. The highest BCUT2D eigenvalue weighted by atomic mass is 32.2. The molecule has 4 rings (SSSR count). The van der Waals surface area contributed by atoms with Crippen molar-refractivity contribution in [3.8, 4) is 0 Å². The van der Waals surface area contributed by atoms with Crippen LogP contribution in [0, 0.1) is 0 Å². The molecular formula is C24H21F3N4O2S. The van der Waals surface area contributed by atoms with Gasteiger partial charge in [-0.3, -0.25) is 9.71 Å². The number of aromatic nitrogens is 2. The first-order valence-corrected chi connectivity index (χ1v) is 11.9. The normalized spacial score (nSPS) is 12.1. The molecule has 2 aromatic carbocycles. The van der Waals surface area contributed by atoms with Gasteiger partial charge in [-0.05, 0) is 48.5 Å². The Hall–Kier alpha value is -3.50. The molecule has 0 radical (unpaired) electrons. The van der Waals surface area contributed by atoms with Gasteiger partial charge in [-0.25, -0.2) is 13.4 Å². The number of anilines is 1. The Bertz CT molecular complexity index is 1380. The molecule has 2 heterocycles. The summed E-state index contributed by atoms with van der Waals surface area (Å²) in [6.07, 6.45) is -2.04. The van der Waals surface area contributed by atoms with Crippen LogP contribution in [0.3, 0.4) is 0 Å². The molecule has 176 valence electrons. The van der Waals surface area contributed by atoms with Gasteiger partial charge in [0.1, 0.15) is 0 Å². The number of alkyl halides is 3. The zero-order chi connectivity index (χ0) is 24.2. The Morgan fingerprint density at radius 2 is 1.65 bits per heavy atom. The number of hydrogen-bond acceptors (Lipinski definition) is 5. The van der Waals surface area contributed by atoms with E-state index in [0.29, 0.717) is 18.6 Å². The summed E-state index contributed by atoms with van der Waals surface area (Å²) in [6.45, 7) is 1.17. The minimum Gasteiger partial charge on any atom is -0.311 e. The number of fused-ring (bicyclic) bond motifs is 1. The molecule has 0 aliphatic rings. The topological polar surface area (TPSA) is 84.0 Å². The number of sulfonamides is 1. The van der Waals surface area contributed by atoms with Crippen molar-refractivity contribution in [2.45, 2.75) is 24.0 Å². The molecule has 0 amide bonds. The van der Waals surface area contributed by atoms with E-state index in [0.717, 1.165) is 47.5 Å². The second-order valence-corrected chi connectivity index (χ2v) is 9.24. The lowest BCUT2D eigenvalue weighted by molar-refractivity contribution is -0.137. The molecule has 10 heteroatoms. The van der Waals surface area contributed by atoms with Crippen LogP contribution < -0.4 is 10.0 Å². The molecule has 4 aromatic rings. The largest absolute Gasteiger partial charge is 0.416 e. The number of nitrogens with zero attached hydrogens (tertiary/aromatic N) is 2. The summed E-state index contributed by atoms with van der Waals surface area (Å²) >= 11 is 0. The maximum Gasteiger partial charge on any atom is 0.416 e. The predicted octanol–water partition coefficient (Wildman–Crippen LogP) is 4.78.